The van der Waals surface area contributed by atoms with E-state index in [1.54, 1.807) is 0 Å². The van der Waals surface area contributed by atoms with E-state index in [2.05, 4.69) is 29.8 Å². The highest BCUT2D eigenvalue weighted by Gasteiger charge is 2.21. The molecule has 0 heterocycles. The van der Waals surface area contributed by atoms with Gasteiger partial charge in [-0.1, -0.05) is 44.2 Å². The molecule has 4 N–H and O–H groups in total. The number of benzene rings is 1. The van der Waals surface area contributed by atoms with Crippen LogP contribution >= 0.6 is 0 Å². The van der Waals surface area contributed by atoms with E-state index in [-0.39, 0.29) is 6.42 Å². The fourth-order valence-electron chi connectivity index (χ4n) is 2.03. The third kappa shape index (κ3) is 8.17. The first kappa shape index (κ1) is 19.5. The van der Waals surface area contributed by atoms with Crippen molar-refractivity contribution in [2.24, 2.45) is 5.92 Å². The van der Waals surface area contributed by atoms with E-state index in [9.17, 15) is 14.4 Å². The van der Waals surface area contributed by atoms with Gasteiger partial charge in [-0.15, -0.1) is 0 Å². The van der Waals surface area contributed by atoms with Gasteiger partial charge in [0.2, 0.25) is 5.91 Å². The van der Waals surface area contributed by atoms with Crippen molar-refractivity contribution in [2.75, 3.05) is 13.1 Å². The molecule has 0 aliphatic heterocycles. The van der Waals surface area contributed by atoms with Gasteiger partial charge >= 0.3 is 12.0 Å². The van der Waals surface area contributed by atoms with Crippen molar-refractivity contribution in [3.05, 3.63) is 35.9 Å². The fraction of sp³-hybridized carbons (Fsp3) is 0.471. The van der Waals surface area contributed by atoms with Gasteiger partial charge in [-0.3, -0.25) is 9.59 Å². The zero-order chi connectivity index (χ0) is 17.9. The summed E-state index contributed by atoms with van der Waals surface area (Å²) >= 11 is 0. The maximum absolute atomic E-state index is 12.2. The maximum atomic E-state index is 12.2. The molecule has 1 aromatic carbocycles. The molecule has 0 saturated carbocycles. The summed E-state index contributed by atoms with van der Waals surface area (Å²) in [6, 6.07) is 7.93. The van der Waals surface area contributed by atoms with Gasteiger partial charge in [0.05, 0.1) is 0 Å². The van der Waals surface area contributed by atoms with Gasteiger partial charge in [0.25, 0.3) is 0 Å². The number of rotatable bonds is 9. The Hall–Kier alpha value is -2.57. The topological polar surface area (TPSA) is 108 Å². The van der Waals surface area contributed by atoms with E-state index >= 15 is 0 Å². The number of aliphatic carboxylic acids is 1. The molecule has 0 aliphatic carbocycles. The number of urea groups is 1. The Morgan fingerprint density at radius 2 is 1.75 bits per heavy atom. The predicted molar refractivity (Wildman–Crippen MR) is 90.6 cm³/mol. The lowest BCUT2D eigenvalue weighted by atomic mass is 10.1. The number of carbonyl (C=O) groups excluding carboxylic acids is 2. The van der Waals surface area contributed by atoms with Crippen LogP contribution in [0.5, 0.6) is 0 Å². The molecule has 3 amide bonds. The maximum Gasteiger partial charge on any atom is 0.322 e. The van der Waals surface area contributed by atoms with Crippen LogP contribution in [0.1, 0.15) is 25.8 Å². The molecule has 0 saturated heterocycles. The first-order valence-electron chi connectivity index (χ1n) is 7.96. The summed E-state index contributed by atoms with van der Waals surface area (Å²) < 4.78 is 0. The zero-order valence-electron chi connectivity index (χ0n) is 14.0. The first-order valence-corrected chi connectivity index (χ1v) is 7.96. The van der Waals surface area contributed by atoms with E-state index in [0.717, 1.165) is 12.0 Å². The minimum Gasteiger partial charge on any atom is -0.480 e. The summed E-state index contributed by atoms with van der Waals surface area (Å²) in [5.74, 6) is -1.20. The lowest BCUT2D eigenvalue weighted by Crippen LogP contribution is -2.52. The lowest BCUT2D eigenvalue weighted by Gasteiger charge is -2.19. The van der Waals surface area contributed by atoms with Crippen LogP contribution in [0.25, 0.3) is 0 Å². The summed E-state index contributed by atoms with van der Waals surface area (Å²) in [5, 5.41) is 16.3. The Kier molecular flexibility index (Phi) is 8.32. The van der Waals surface area contributed by atoms with Gasteiger partial charge in [0.1, 0.15) is 12.6 Å². The largest absolute Gasteiger partial charge is 0.480 e. The molecule has 24 heavy (non-hydrogen) atoms. The molecular formula is C17H25N3O4. The molecule has 1 aromatic rings. The summed E-state index contributed by atoms with van der Waals surface area (Å²) in [4.78, 5) is 34.7. The lowest BCUT2D eigenvalue weighted by molar-refractivity contribution is -0.138. The molecule has 0 fully saturated rings. The molecule has 1 atom stereocenters. The quantitative estimate of drug-likeness (QED) is 0.543. The number of carbonyl (C=O) groups is 3. The van der Waals surface area contributed by atoms with Crippen molar-refractivity contribution in [3.63, 3.8) is 0 Å². The summed E-state index contributed by atoms with van der Waals surface area (Å²) in [7, 11) is 0. The van der Waals surface area contributed by atoms with Gasteiger partial charge in [-0.2, -0.15) is 0 Å². The second-order valence-electron chi connectivity index (χ2n) is 5.94. The highest BCUT2D eigenvalue weighted by atomic mass is 16.4. The number of carboxylic acid groups (broad SMARTS) is 1. The van der Waals surface area contributed by atoms with Crippen LogP contribution in [-0.2, 0) is 16.0 Å². The van der Waals surface area contributed by atoms with Crippen molar-refractivity contribution in [1.82, 2.24) is 16.0 Å². The Balaban J connectivity index is 2.64. The van der Waals surface area contributed by atoms with Gasteiger partial charge in [-0.25, -0.2) is 4.79 Å². The van der Waals surface area contributed by atoms with E-state index in [1.807, 2.05) is 30.3 Å². The molecule has 1 rings (SSSR count). The molecule has 132 valence electrons. The molecule has 7 heteroatoms. The van der Waals surface area contributed by atoms with Crippen molar-refractivity contribution in [2.45, 2.75) is 32.7 Å². The number of carboxylic acids is 1. The summed E-state index contributed by atoms with van der Waals surface area (Å²) in [6.07, 6.45) is 1.12. The summed E-state index contributed by atoms with van der Waals surface area (Å²) in [6.45, 7) is 4.13. The summed E-state index contributed by atoms with van der Waals surface area (Å²) in [5.41, 5.74) is 0.871. The van der Waals surface area contributed by atoms with Gasteiger partial charge in [0.15, 0.2) is 0 Å². The average Bonchev–Trinajstić information content (AvgIpc) is 2.52. The van der Waals surface area contributed by atoms with Crippen LogP contribution in [0.4, 0.5) is 4.79 Å². The third-order valence-electron chi connectivity index (χ3n) is 3.33. The standard InChI is InChI=1S/C17H25N3O4/c1-12(2)8-9-18-17(24)20-14(16(23)19-11-15(21)22)10-13-6-4-3-5-7-13/h3-7,12,14H,8-11H2,1-2H3,(H,19,23)(H,21,22)(H2,18,20,24)/t14-/m0/s1. The smallest absolute Gasteiger partial charge is 0.322 e. The Morgan fingerprint density at radius 1 is 1.08 bits per heavy atom. The van der Waals surface area contributed by atoms with E-state index in [0.29, 0.717) is 12.5 Å². The second kappa shape index (κ2) is 10.3. The Morgan fingerprint density at radius 3 is 2.33 bits per heavy atom. The van der Waals surface area contributed by atoms with Crippen LogP contribution < -0.4 is 16.0 Å². The zero-order valence-corrected chi connectivity index (χ0v) is 14.0. The van der Waals surface area contributed by atoms with Crippen molar-refractivity contribution >= 4 is 17.9 Å². The highest BCUT2D eigenvalue weighted by molar-refractivity contribution is 5.89. The van der Waals surface area contributed by atoms with Crippen molar-refractivity contribution < 1.29 is 19.5 Å². The van der Waals surface area contributed by atoms with E-state index in [1.165, 1.54) is 0 Å². The normalized spacial score (nSPS) is 11.6. The second-order valence-corrected chi connectivity index (χ2v) is 5.94. The average molecular weight is 335 g/mol. The third-order valence-corrected chi connectivity index (χ3v) is 3.33. The van der Waals surface area contributed by atoms with Gasteiger partial charge < -0.3 is 21.1 Å². The molecule has 0 radical (unpaired) electrons. The number of amides is 3. The van der Waals surface area contributed by atoms with Crippen LogP contribution in [0.3, 0.4) is 0 Å². The molecule has 0 unspecified atom stereocenters. The van der Waals surface area contributed by atoms with E-state index < -0.39 is 30.5 Å². The number of hydrogen-bond donors (Lipinski definition) is 4. The molecule has 0 aromatic heterocycles. The molecule has 0 spiro atoms. The van der Waals surface area contributed by atoms with E-state index in [4.69, 9.17) is 5.11 Å². The van der Waals surface area contributed by atoms with Crippen molar-refractivity contribution in [3.8, 4) is 0 Å². The van der Waals surface area contributed by atoms with Gasteiger partial charge in [-0.05, 0) is 17.9 Å². The molecule has 0 bridgehead atoms. The minimum absolute atomic E-state index is 0.282. The number of hydrogen-bond acceptors (Lipinski definition) is 3. The first-order chi connectivity index (χ1) is 11.4. The fourth-order valence-corrected chi connectivity index (χ4v) is 2.03. The van der Waals surface area contributed by atoms with Crippen LogP contribution in [0.15, 0.2) is 30.3 Å². The highest BCUT2D eigenvalue weighted by Crippen LogP contribution is 2.04. The van der Waals surface area contributed by atoms with Crippen LogP contribution in [-0.4, -0.2) is 42.1 Å². The molecular weight excluding hydrogens is 310 g/mol. The predicted octanol–water partition coefficient (Wildman–Crippen LogP) is 1.14. The SMILES string of the molecule is CC(C)CCNC(=O)N[C@@H](Cc1ccccc1)C(=O)NCC(=O)O. The Bertz CT molecular complexity index is 546. The molecule has 7 nitrogen and oxygen atoms in total. The Labute approximate surface area is 141 Å². The van der Waals surface area contributed by atoms with Gasteiger partial charge in [0, 0.05) is 13.0 Å². The van der Waals surface area contributed by atoms with Crippen LogP contribution in [0.2, 0.25) is 0 Å². The monoisotopic (exact) mass is 335 g/mol. The van der Waals surface area contributed by atoms with Crippen LogP contribution in [0, 0.1) is 5.92 Å². The van der Waals surface area contributed by atoms with Crippen molar-refractivity contribution in [1.29, 1.82) is 0 Å². The molecule has 0 aliphatic rings. The number of nitrogens with one attached hydrogen (secondary N) is 3. The minimum atomic E-state index is -1.14.